The highest BCUT2D eigenvalue weighted by atomic mass is 32.1. The van der Waals surface area contributed by atoms with Gasteiger partial charge in [-0.1, -0.05) is 48.5 Å². The normalized spacial score (nSPS) is 12.3. The minimum absolute atomic E-state index is 0.00289. The Morgan fingerprint density at radius 2 is 1.55 bits per heavy atom. The fraction of sp³-hybridized carbons (Fsp3) is 0.200. The number of thiol groups is 1. The van der Waals surface area contributed by atoms with Crippen LogP contribution in [0, 0.1) is 5.92 Å². The van der Waals surface area contributed by atoms with Gasteiger partial charge in [-0.15, -0.1) is 0 Å². The Bertz CT molecular complexity index is 1520. The molecule has 9 nitrogen and oxygen atoms in total. The van der Waals surface area contributed by atoms with E-state index in [1.54, 1.807) is 18.3 Å². The molecule has 3 aromatic carbocycles. The Balaban J connectivity index is 1.52. The summed E-state index contributed by atoms with van der Waals surface area (Å²) >= 11 is 4.32. The van der Waals surface area contributed by atoms with Gasteiger partial charge in [0.25, 0.3) is 5.91 Å². The van der Waals surface area contributed by atoms with Crippen molar-refractivity contribution in [2.24, 2.45) is 5.92 Å². The molecule has 0 aliphatic heterocycles. The van der Waals surface area contributed by atoms with E-state index in [-0.39, 0.29) is 12.2 Å². The summed E-state index contributed by atoms with van der Waals surface area (Å²) in [5, 5.41) is 13.3. The number of aromatic nitrogens is 1. The van der Waals surface area contributed by atoms with Crippen molar-refractivity contribution in [2.45, 2.75) is 18.9 Å². The van der Waals surface area contributed by atoms with Gasteiger partial charge in [0, 0.05) is 29.3 Å². The molecule has 1 unspecified atom stereocenters. The fourth-order valence-corrected chi connectivity index (χ4v) is 4.70. The number of carboxylic acid groups (broad SMARTS) is 1. The molecule has 1 heterocycles. The number of nitrogens with zero attached hydrogens (tertiary/aromatic N) is 1. The molecule has 0 aliphatic carbocycles. The Morgan fingerprint density at radius 1 is 0.900 bits per heavy atom. The number of aliphatic carboxylic acids is 1. The highest BCUT2D eigenvalue weighted by Gasteiger charge is 2.26. The fourth-order valence-electron chi connectivity index (χ4n) is 4.40. The molecule has 4 aromatic rings. The van der Waals surface area contributed by atoms with E-state index in [9.17, 15) is 24.3 Å². The van der Waals surface area contributed by atoms with E-state index >= 15 is 0 Å². The van der Waals surface area contributed by atoms with Gasteiger partial charge in [0.05, 0.1) is 24.1 Å². The molecule has 2 amide bonds. The van der Waals surface area contributed by atoms with Crippen molar-refractivity contribution < 1.29 is 29.0 Å². The van der Waals surface area contributed by atoms with Gasteiger partial charge in [0.15, 0.2) is 0 Å². The molecule has 0 spiro atoms. The first-order chi connectivity index (χ1) is 19.3. The zero-order chi connectivity index (χ0) is 28.6. The summed E-state index contributed by atoms with van der Waals surface area (Å²) in [6.07, 6.45) is 2.09. The number of benzene rings is 3. The lowest BCUT2D eigenvalue weighted by molar-refractivity contribution is -0.142. The number of hydrogen-bond donors (Lipinski definition) is 4. The summed E-state index contributed by atoms with van der Waals surface area (Å²) in [4.78, 5) is 49.8. The Morgan fingerprint density at radius 3 is 2.20 bits per heavy atom. The third kappa shape index (κ3) is 6.70. The Hall–Kier alpha value is -4.57. The van der Waals surface area contributed by atoms with E-state index in [0.717, 1.165) is 10.9 Å². The number of esters is 1. The lowest BCUT2D eigenvalue weighted by Crippen LogP contribution is -2.45. The average molecular weight is 560 g/mol. The van der Waals surface area contributed by atoms with Crippen LogP contribution < -0.4 is 10.7 Å². The first kappa shape index (κ1) is 28.4. The number of carboxylic acids is 1. The molecule has 0 radical (unpaired) electrons. The summed E-state index contributed by atoms with van der Waals surface area (Å²) in [5.74, 6) is -2.73. The van der Waals surface area contributed by atoms with Crippen LogP contribution in [0.5, 0.6) is 0 Å². The van der Waals surface area contributed by atoms with E-state index in [2.05, 4.69) is 28.1 Å². The number of fused-ring (bicyclic) bond motifs is 1. The maximum atomic E-state index is 13.0. The number of amides is 2. The van der Waals surface area contributed by atoms with E-state index in [1.165, 1.54) is 36.1 Å². The molecule has 1 aromatic heterocycles. The largest absolute Gasteiger partial charge is 0.480 e. The van der Waals surface area contributed by atoms with Crippen molar-refractivity contribution in [2.75, 3.05) is 18.3 Å². The van der Waals surface area contributed by atoms with Gasteiger partial charge < -0.3 is 15.2 Å². The molecule has 40 heavy (non-hydrogen) atoms. The number of carbonyl (C=O) groups excluding carboxylic acids is 3. The third-order valence-electron chi connectivity index (χ3n) is 6.54. The number of carbonyl (C=O) groups is 4. The number of nitrogens with one attached hydrogen (secondary N) is 2. The second-order valence-corrected chi connectivity index (χ2v) is 9.59. The predicted molar refractivity (Wildman–Crippen MR) is 154 cm³/mol. The summed E-state index contributed by atoms with van der Waals surface area (Å²) in [5.41, 5.74) is 5.69. The SMILES string of the molecule is COC(=O)c1ccc(C(=O)Nn2cc(C[C@H](NC(=O)C(CS)Cc3ccccc3)C(=O)O)c3ccccc32)cc1. The first-order valence-electron chi connectivity index (χ1n) is 12.6. The zero-order valence-electron chi connectivity index (χ0n) is 21.7. The second kappa shape index (κ2) is 13.0. The minimum Gasteiger partial charge on any atom is -0.480 e. The van der Waals surface area contributed by atoms with Crippen molar-refractivity contribution in [3.8, 4) is 0 Å². The van der Waals surface area contributed by atoms with E-state index < -0.39 is 35.7 Å². The van der Waals surface area contributed by atoms with Crippen LogP contribution in [-0.4, -0.2) is 52.4 Å². The topological polar surface area (TPSA) is 127 Å². The monoisotopic (exact) mass is 559 g/mol. The van der Waals surface area contributed by atoms with Crippen LogP contribution in [0.1, 0.15) is 31.8 Å². The molecule has 10 heteroatoms. The van der Waals surface area contributed by atoms with Crippen LogP contribution in [0.15, 0.2) is 85.1 Å². The van der Waals surface area contributed by atoms with Crippen LogP contribution in [-0.2, 0) is 27.2 Å². The Labute approximate surface area is 236 Å². The zero-order valence-corrected chi connectivity index (χ0v) is 22.6. The van der Waals surface area contributed by atoms with Crippen LogP contribution in [0.4, 0.5) is 0 Å². The standard InChI is InChI=1S/C30H29N3O6S/c1-39-30(38)21-13-11-20(12-14-21)28(35)32-33-17-22(24-9-5-6-10-26(24)33)16-25(29(36)37)31-27(34)23(18-40)15-19-7-3-2-4-8-19/h2-14,17,23,25,40H,15-16,18H2,1H3,(H,31,34)(H,32,35)(H,36,37)/t23?,25-/m0/s1. The van der Waals surface area contributed by atoms with E-state index in [4.69, 9.17) is 0 Å². The molecule has 0 aliphatic rings. The molecule has 0 saturated heterocycles. The summed E-state index contributed by atoms with van der Waals surface area (Å²) < 4.78 is 6.21. The van der Waals surface area contributed by atoms with Gasteiger partial charge in [0.2, 0.25) is 5.91 Å². The maximum absolute atomic E-state index is 13.0. The Kier molecular flexibility index (Phi) is 9.23. The van der Waals surface area contributed by atoms with Crippen LogP contribution in [0.25, 0.3) is 10.9 Å². The van der Waals surface area contributed by atoms with Crippen LogP contribution in [0.2, 0.25) is 0 Å². The van der Waals surface area contributed by atoms with Crippen molar-refractivity contribution in [1.82, 2.24) is 9.99 Å². The molecule has 2 atom stereocenters. The molecule has 4 rings (SSSR count). The predicted octanol–water partition coefficient (Wildman–Crippen LogP) is 3.71. The average Bonchev–Trinajstić information content (AvgIpc) is 3.32. The van der Waals surface area contributed by atoms with Crippen molar-refractivity contribution in [3.05, 3.63) is 107 Å². The second-order valence-electron chi connectivity index (χ2n) is 9.22. The lowest BCUT2D eigenvalue weighted by Gasteiger charge is -2.19. The number of para-hydroxylation sites is 1. The molecule has 3 N–H and O–H groups in total. The minimum atomic E-state index is -1.19. The highest BCUT2D eigenvalue weighted by Crippen LogP contribution is 2.23. The van der Waals surface area contributed by atoms with E-state index in [1.807, 2.05) is 42.5 Å². The van der Waals surface area contributed by atoms with Crippen molar-refractivity contribution >= 4 is 47.3 Å². The van der Waals surface area contributed by atoms with Gasteiger partial charge in [-0.25, -0.2) is 9.59 Å². The quantitative estimate of drug-likeness (QED) is 0.164. The lowest BCUT2D eigenvalue weighted by atomic mass is 9.99. The number of ether oxygens (including phenoxy) is 1. The van der Waals surface area contributed by atoms with Gasteiger partial charge in [0.1, 0.15) is 6.04 Å². The third-order valence-corrected chi connectivity index (χ3v) is 6.98. The number of hydrogen-bond acceptors (Lipinski definition) is 6. The van der Waals surface area contributed by atoms with Gasteiger partial charge in [-0.05, 0) is 47.9 Å². The molecule has 0 bridgehead atoms. The molecule has 206 valence electrons. The molecule has 0 saturated carbocycles. The van der Waals surface area contributed by atoms with Crippen LogP contribution >= 0.6 is 12.6 Å². The molecular formula is C30H29N3O6S. The van der Waals surface area contributed by atoms with Crippen molar-refractivity contribution in [3.63, 3.8) is 0 Å². The molecule has 0 fully saturated rings. The van der Waals surface area contributed by atoms with E-state index in [0.29, 0.717) is 28.6 Å². The smallest absolute Gasteiger partial charge is 0.337 e. The van der Waals surface area contributed by atoms with Gasteiger partial charge in [-0.2, -0.15) is 12.6 Å². The number of rotatable bonds is 11. The van der Waals surface area contributed by atoms with Gasteiger partial charge >= 0.3 is 11.9 Å². The number of methoxy groups -OCH3 is 1. The summed E-state index contributed by atoms with van der Waals surface area (Å²) in [6.45, 7) is 0. The maximum Gasteiger partial charge on any atom is 0.337 e. The van der Waals surface area contributed by atoms with Gasteiger partial charge in [-0.3, -0.25) is 19.7 Å². The highest BCUT2D eigenvalue weighted by molar-refractivity contribution is 7.80. The van der Waals surface area contributed by atoms with Crippen molar-refractivity contribution in [1.29, 1.82) is 0 Å². The molecular weight excluding hydrogens is 530 g/mol. The summed E-state index contributed by atoms with van der Waals surface area (Å²) in [6, 6.07) is 21.5. The first-order valence-corrected chi connectivity index (χ1v) is 13.2. The van der Waals surface area contributed by atoms with Crippen LogP contribution in [0.3, 0.4) is 0 Å². The summed E-state index contributed by atoms with van der Waals surface area (Å²) in [7, 11) is 1.28.